The second-order valence-corrected chi connectivity index (χ2v) is 6.94. The van der Waals surface area contributed by atoms with Crippen molar-refractivity contribution in [3.63, 3.8) is 0 Å². The van der Waals surface area contributed by atoms with Gasteiger partial charge in [0.25, 0.3) is 11.8 Å². The van der Waals surface area contributed by atoms with Crippen LogP contribution in [-0.2, 0) is 16.0 Å². The fourth-order valence-electron chi connectivity index (χ4n) is 2.38. The van der Waals surface area contributed by atoms with Crippen LogP contribution in [0.2, 0.25) is 0 Å². The summed E-state index contributed by atoms with van der Waals surface area (Å²) in [6.07, 6.45) is 0.161. The number of carbonyl (C=O) groups excluding carboxylic acids is 3. The maximum atomic E-state index is 12.7. The number of aromatic nitrogens is 2. The van der Waals surface area contributed by atoms with Crippen molar-refractivity contribution >= 4 is 40.5 Å². The normalized spacial score (nSPS) is 11.7. The molecule has 0 aliphatic rings. The first-order valence-electron chi connectivity index (χ1n) is 7.59. The van der Waals surface area contributed by atoms with Crippen molar-refractivity contribution < 1.29 is 14.4 Å². The molecule has 3 N–H and O–H groups in total. The number of nitrogens with two attached hydrogens (primary N) is 1. The third-order valence-corrected chi connectivity index (χ3v) is 5.04. The van der Waals surface area contributed by atoms with Crippen molar-refractivity contribution in [2.45, 2.75) is 12.5 Å². The molecule has 2 amide bonds. The van der Waals surface area contributed by atoms with Crippen LogP contribution in [0.15, 0.2) is 47.2 Å². The molecule has 0 fully saturated rings. The number of benzene rings is 1. The maximum absolute atomic E-state index is 12.7. The number of rotatable bonds is 7. The topological polar surface area (TPSA) is 115 Å². The van der Waals surface area contributed by atoms with Gasteiger partial charge < -0.3 is 11.1 Å². The number of hydrogen-bond acceptors (Lipinski definition) is 7. The van der Waals surface area contributed by atoms with E-state index in [9.17, 15) is 14.4 Å². The zero-order chi connectivity index (χ0) is 18.5. The third-order valence-electron chi connectivity index (χ3n) is 3.64. The van der Waals surface area contributed by atoms with Gasteiger partial charge in [-0.15, -0.1) is 5.10 Å². The monoisotopic (exact) mass is 386 g/mol. The Kier molecular flexibility index (Phi) is 5.49. The lowest BCUT2D eigenvalue weighted by molar-refractivity contribution is -0.137. The second kappa shape index (κ2) is 7.98. The zero-order valence-electron chi connectivity index (χ0n) is 13.4. The maximum Gasteiger partial charge on any atom is 0.287 e. The van der Waals surface area contributed by atoms with E-state index < -0.39 is 23.6 Å². The van der Waals surface area contributed by atoms with Gasteiger partial charge in [0, 0.05) is 17.4 Å². The molecule has 9 heteroatoms. The number of amides is 2. The molecule has 0 bridgehead atoms. The van der Waals surface area contributed by atoms with Gasteiger partial charge in [-0.25, -0.2) is 0 Å². The predicted octanol–water partition coefficient (Wildman–Crippen LogP) is 1.66. The van der Waals surface area contributed by atoms with Gasteiger partial charge in [0.15, 0.2) is 0 Å². The van der Waals surface area contributed by atoms with Crippen LogP contribution < -0.4 is 11.1 Å². The van der Waals surface area contributed by atoms with E-state index in [1.807, 2.05) is 35.0 Å². The van der Waals surface area contributed by atoms with E-state index in [0.717, 1.165) is 22.7 Å². The number of Topliss-reactive ketones (excluding diaryl/α,β-unsaturated/α-hetero) is 1. The highest BCUT2D eigenvalue weighted by Crippen LogP contribution is 2.25. The van der Waals surface area contributed by atoms with E-state index in [1.165, 1.54) is 11.3 Å². The van der Waals surface area contributed by atoms with Crippen molar-refractivity contribution in [1.82, 2.24) is 14.9 Å². The van der Waals surface area contributed by atoms with Gasteiger partial charge in [-0.2, -0.15) is 11.3 Å². The molecular weight excluding hydrogens is 372 g/mol. The summed E-state index contributed by atoms with van der Waals surface area (Å²) in [7, 11) is 0. The molecule has 0 radical (unpaired) electrons. The number of ketones is 1. The summed E-state index contributed by atoms with van der Waals surface area (Å²) in [5.41, 5.74) is 7.15. The van der Waals surface area contributed by atoms with Crippen LogP contribution >= 0.6 is 22.9 Å². The van der Waals surface area contributed by atoms with Gasteiger partial charge in [-0.3, -0.25) is 14.4 Å². The van der Waals surface area contributed by atoms with E-state index in [-0.39, 0.29) is 11.3 Å². The molecule has 1 aromatic carbocycles. The molecule has 3 rings (SSSR count). The first-order chi connectivity index (χ1) is 12.6. The quantitative estimate of drug-likeness (QED) is 0.599. The van der Waals surface area contributed by atoms with Gasteiger partial charge in [-0.05, 0) is 28.5 Å². The molecule has 2 aromatic heterocycles. The first-order valence-corrected chi connectivity index (χ1v) is 9.31. The molecule has 1 atom stereocenters. The third kappa shape index (κ3) is 4.01. The molecule has 0 saturated carbocycles. The number of hydrogen-bond donors (Lipinski definition) is 2. The number of nitrogens with one attached hydrogen (secondary N) is 1. The molecule has 132 valence electrons. The summed E-state index contributed by atoms with van der Waals surface area (Å²) in [5.74, 6) is -2.46. The van der Waals surface area contributed by atoms with Gasteiger partial charge in [0.2, 0.25) is 5.78 Å². The van der Waals surface area contributed by atoms with Crippen molar-refractivity contribution in [2.24, 2.45) is 5.73 Å². The molecular formula is C17H14N4O3S2. The van der Waals surface area contributed by atoms with Gasteiger partial charge >= 0.3 is 0 Å². The summed E-state index contributed by atoms with van der Waals surface area (Å²) in [6, 6.07) is 9.84. The standard InChI is InChI=1S/C17H14N4O3S2/c18-16(23)14(22)12(8-10-4-2-1-3-5-10)19-17(24)15-13(20-21-26-15)11-6-7-25-9-11/h1-7,9,12H,8H2,(H2,18,23)(H,19,24). The van der Waals surface area contributed by atoms with Gasteiger partial charge in [-0.1, -0.05) is 34.8 Å². The van der Waals surface area contributed by atoms with E-state index in [1.54, 1.807) is 12.1 Å². The van der Waals surface area contributed by atoms with Gasteiger partial charge in [0.05, 0.1) is 0 Å². The van der Waals surface area contributed by atoms with Crippen molar-refractivity contribution in [3.8, 4) is 11.3 Å². The molecule has 26 heavy (non-hydrogen) atoms. The Bertz CT molecular complexity index is 923. The molecule has 0 aliphatic heterocycles. The summed E-state index contributed by atoms with van der Waals surface area (Å²) in [4.78, 5) is 36.4. The van der Waals surface area contributed by atoms with E-state index in [2.05, 4.69) is 14.9 Å². The highest BCUT2D eigenvalue weighted by molar-refractivity contribution is 7.09. The minimum atomic E-state index is -1.09. The Morgan fingerprint density at radius 2 is 1.92 bits per heavy atom. The molecule has 3 aromatic rings. The smallest absolute Gasteiger partial charge is 0.287 e. The second-order valence-electron chi connectivity index (χ2n) is 5.41. The number of carbonyl (C=O) groups is 3. The van der Waals surface area contributed by atoms with Crippen molar-refractivity contribution in [2.75, 3.05) is 0 Å². The van der Waals surface area contributed by atoms with Crippen LogP contribution in [0.4, 0.5) is 0 Å². The highest BCUT2D eigenvalue weighted by atomic mass is 32.1. The fourth-order valence-corrected chi connectivity index (χ4v) is 3.61. The number of nitrogens with zero attached hydrogens (tertiary/aromatic N) is 2. The largest absolute Gasteiger partial charge is 0.363 e. The zero-order valence-corrected chi connectivity index (χ0v) is 15.0. The van der Waals surface area contributed by atoms with Crippen LogP contribution in [0, 0.1) is 0 Å². The molecule has 0 aliphatic carbocycles. The lowest BCUT2D eigenvalue weighted by atomic mass is 10.0. The van der Waals surface area contributed by atoms with Crippen LogP contribution in [0.5, 0.6) is 0 Å². The van der Waals surface area contributed by atoms with Gasteiger partial charge in [0.1, 0.15) is 16.6 Å². The van der Waals surface area contributed by atoms with Crippen molar-refractivity contribution in [3.05, 3.63) is 57.6 Å². The lowest BCUT2D eigenvalue weighted by Crippen LogP contribution is -2.47. The average Bonchev–Trinajstić information content (AvgIpc) is 3.32. The molecule has 0 spiro atoms. The Balaban J connectivity index is 1.83. The molecule has 2 heterocycles. The lowest BCUT2D eigenvalue weighted by Gasteiger charge is -2.16. The molecule has 0 saturated heterocycles. The van der Waals surface area contributed by atoms with Crippen LogP contribution in [0.3, 0.4) is 0 Å². The Morgan fingerprint density at radius 3 is 2.58 bits per heavy atom. The van der Waals surface area contributed by atoms with Crippen molar-refractivity contribution in [1.29, 1.82) is 0 Å². The SMILES string of the molecule is NC(=O)C(=O)C(Cc1ccccc1)NC(=O)c1snnc1-c1ccsc1. The van der Waals surface area contributed by atoms with E-state index in [4.69, 9.17) is 5.73 Å². The summed E-state index contributed by atoms with van der Waals surface area (Å²) < 4.78 is 3.83. The number of primary amides is 1. The molecule has 7 nitrogen and oxygen atoms in total. The average molecular weight is 386 g/mol. The van der Waals surface area contributed by atoms with Crippen LogP contribution in [0.1, 0.15) is 15.2 Å². The summed E-state index contributed by atoms with van der Waals surface area (Å²) in [5, 5.41) is 10.3. The first kappa shape index (κ1) is 17.9. The van der Waals surface area contributed by atoms with E-state index >= 15 is 0 Å². The Labute approximate surface area is 157 Å². The highest BCUT2D eigenvalue weighted by Gasteiger charge is 2.28. The Hall–Kier alpha value is -2.91. The minimum Gasteiger partial charge on any atom is -0.363 e. The fraction of sp³-hybridized carbons (Fsp3) is 0.118. The number of thiophene rings is 1. The van der Waals surface area contributed by atoms with Crippen LogP contribution in [-0.4, -0.2) is 33.2 Å². The summed E-state index contributed by atoms with van der Waals surface area (Å²) >= 11 is 2.40. The predicted molar refractivity (Wildman–Crippen MR) is 98.8 cm³/mol. The minimum absolute atomic E-state index is 0.161. The summed E-state index contributed by atoms with van der Waals surface area (Å²) in [6.45, 7) is 0. The van der Waals surface area contributed by atoms with E-state index in [0.29, 0.717) is 5.69 Å². The van der Waals surface area contributed by atoms with Crippen LogP contribution in [0.25, 0.3) is 11.3 Å². The molecule has 1 unspecified atom stereocenters. The Morgan fingerprint density at radius 1 is 1.15 bits per heavy atom.